The maximum absolute atomic E-state index is 13.9. The molecule has 2 aromatic carbocycles. The summed E-state index contributed by atoms with van der Waals surface area (Å²) < 4.78 is 46.3. The number of hydrogen-bond acceptors (Lipinski definition) is 4. The maximum Gasteiger partial charge on any atom is 0.416 e. The summed E-state index contributed by atoms with van der Waals surface area (Å²) in [6, 6.07) is 11.8. The molecular weight excluding hydrogens is 459 g/mol. The first-order valence-corrected chi connectivity index (χ1v) is 11.1. The quantitative estimate of drug-likeness (QED) is 0.373. The summed E-state index contributed by atoms with van der Waals surface area (Å²) in [7, 11) is 0. The van der Waals surface area contributed by atoms with Crippen molar-refractivity contribution >= 4 is 34.5 Å². The molecule has 6 nitrogen and oxygen atoms in total. The summed E-state index contributed by atoms with van der Waals surface area (Å²) >= 11 is 0. The molecule has 3 aromatic rings. The Labute approximate surface area is 199 Å². The molecule has 2 N–H and O–H groups in total. The number of amides is 2. The van der Waals surface area contributed by atoms with Gasteiger partial charge >= 0.3 is 6.18 Å². The number of carbonyl (C=O) groups excluding carboxylic acids is 2. The molecule has 1 fully saturated rings. The van der Waals surface area contributed by atoms with Gasteiger partial charge in [0.1, 0.15) is 5.70 Å². The number of nitrogens with zero attached hydrogens (tertiary/aromatic N) is 1. The molecule has 1 saturated carbocycles. The second-order valence-electron chi connectivity index (χ2n) is 8.83. The van der Waals surface area contributed by atoms with Gasteiger partial charge in [0.2, 0.25) is 5.91 Å². The summed E-state index contributed by atoms with van der Waals surface area (Å²) in [4.78, 5) is 27.4. The van der Waals surface area contributed by atoms with E-state index in [1.165, 1.54) is 17.2 Å². The second kappa shape index (κ2) is 8.33. The number of rotatable bonds is 5. The van der Waals surface area contributed by atoms with Gasteiger partial charge in [0.15, 0.2) is 5.76 Å². The zero-order chi connectivity index (χ0) is 24.9. The van der Waals surface area contributed by atoms with Crippen LogP contribution in [0.5, 0.6) is 0 Å². The molecule has 35 heavy (non-hydrogen) atoms. The van der Waals surface area contributed by atoms with Gasteiger partial charge in [-0.3, -0.25) is 25.3 Å². The number of carbonyl (C=O) groups is 2. The molecule has 5 rings (SSSR count). The molecule has 0 saturated heterocycles. The Morgan fingerprint density at radius 1 is 1.03 bits per heavy atom. The summed E-state index contributed by atoms with van der Waals surface area (Å²) in [5.74, 6) is -0.599. The number of benzene rings is 2. The third-order valence-corrected chi connectivity index (χ3v) is 5.99. The number of anilines is 2. The van der Waals surface area contributed by atoms with Gasteiger partial charge in [0.25, 0.3) is 5.91 Å². The molecule has 0 radical (unpaired) electrons. The fourth-order valence-electron chi connectivity index (χ4n) is 4.26. The van der Waals surface area contributed by atoms with Crippen LogP contribution in [0.4, 0.5) is 24.5 Å². The van der Waals surface area contributed by atoms with E-state index in [0.29, 0.717) is 11.3 Å². The molecule has 0 bridgehead atoms. The molecule has 0 spiro atoms. The number of alkyl halides is 3. The lowest BCUT2D eigenvalue weighted by atomic mass is 10.0. The average molecular weight is 481 g/mol. The predicted molar refractivity (Wildman–Crippen MR) is 124 cm³/mol. The smallest absolute Gasteiger partial charge is 0.416 e. The minimum Gasteiger partial charge on any atom is -0.463 e. The van der Waals surface area contributed by atoms with E-state index in [-0.39, 0.29) is 34.5 Å². The van der Waals surface area contributed by atoms with Gasteiger partial charge in [-0.25, -0.2) is 0 Å². The highest BCUT2D eigenvalue weighted by molar-refractivity contribution is 6.39. The van der Waals surface area contributed by atoms with Crippen molar-refractivity contribution in [2.75, 3.05) is 4.90 Å². The number of nitrogens with one attached hydrogen (secondary N) is 2. The minimum absolute atomic E-state index is 0.0962. The molecule has 2 aliphatic rings. The van der Waals surface area contributed by atoms with Crippen LogP contribution in [0, 0.1) is 19.8 Å². The summed E-state index contributed by atoms with van der Waals surface area (Å²) in [5.41, 5.74) is 7.39. The van der Waals surface area contributed by atoms with Crippen molar-refractivity contribution in [3.63, 3.8) is 0 Å². The SMILES string of the molecule is Cc1cc(C)cc(N2C(=O)/C(=C(\NNC(=O)C3CC3)c3ccco3)c3ccc(C(F)(F)F)cc32)c1. The normalized spacial score (nSPS) is 16.8. The van der Waals surface area contributed by atoms with Crippen LogP contribution in [-0.4, -0.2) is 11.8 Å². The van der Waals surface area contributed by atoms with E-state index >= 15 is 0 Å². The van der Waals surface area contributed by atoms with Crippen molar-refractivity contribution in [1.82, 2.24) is 10.9 Å². The number of fused-ring (bicyclic) bond motifs is 1. The van der Waals surface area contributed by atoms with Crippen LogP contribution in [0.25, 0.3) is 11.3 Å². The minimum atomic E-state index is -4.58. The van der Waals surface area contributed by atoms with Crippen molar-refractivity contribution in [3.05, 3.63) is 82.8 Å². The van der Waals surface area contributed by atoms with Crippen LogP contribution >= 0.6 is 0 Å². The third-order valence-electron chi connectivity index (χ3n) is 5.99. The Kier molecular flexibility index (Phi) is 5.42. The Hall–Kier alpha value is -4.01. The lowest BCUT2D eigenvalue weighted by molar-refractivity contribution is -0.137. The summed E-state index contributed by atoms with van der Waals surface area (Å²) in [6.45, 7) is 3.70. The number of hydrazine groups is 1. The lowest BCUT2D eigenvalue weighted by Crippen LogP contribution is -2.38. The van der Waals surface area contributed by atoms with Gasteiger partial charge in [0, 0.05) is 17.2 Å². The van der Waals surface area contributed by atoms with Crippen LogP contribution < -0.4 is 15.8 Å². The largest absolute Gasteiger partial charge is 0.463 e. The van der Waals surface area contributed by atoms with Gasteiger partial charge < -0.3 is 4.42 Å². The molecule has 180 valence electrons. The third kappa shape index (κ3) is 4.29. The average Bonchev–Trinajstić information content (AvgIpc) is 3.42. The van der Waals surface area contributed by atoms with E-state index in [4.69, 9.17) is 4.42 Å². The van der Waals surface area contributed by atoms with Crippen molar-refractivity contribution in [2.24, 2.45) is 5.92 Å². The molecule has 1 aromatic heterocycles. The Morgan fingerprint density at radius 2 is 1.74 bits per heavy atom. The number of halogens is 3. The highest BCUT2D eigenvalue weighted by atomic mass is 19.4. The highest BCUT2D eigenvalue weighted by Gasteiger charge is 2.40. The topological polar surface area (TPSA) is 74.6 Å². The predicted octanol–water partition coefficient (Wildman–Crippen LogP) is 5.49. The first-order chi connectivity index (χ1) is 16.6. The number of furan rings is 1. The zero-order valence-electron chi connectivity index (χ0n) is 19.0. The van der Waals surface area contributed by atoms with Crippen LogP contribution in [0.15, 0.2) is 59.2 Å². The summed E-state index contributed by atoms with van der Waals surface area (Å²) in [6.07, 6.45) is -1.61. The van der Waals surface area contributed by atoms with E-state index in [2.05, 4.69) is 10.9 Å². The molecule has 2 amide bonds. The molecule has 1 aliphatic heterocycles. The monoisotopic (exact) mass is 481 g/mol. The molecule has 0 unspecified atom stereocenters. The van der Waals surface area contributed by atoms with Crippen molar-refractivity contribution in [1.29, 1.82) is 0 Å². The lowest BCUT2D eigenvalue weighted by Gasteiger charge is -2.20. The standard InChI is InChI=1S/C26H22F3N3O3/c1-14-10-15(2)12-18(11-14)32-20-13-17(26(27,28)29)7-8-19(20)22(25(32)34)23(21-4-3-9-35-21)30-31-24(33)16-5-6-16/h3-4,7-13,16,30H,5-6H2,1-2H3,(H,31,33)/b23-22-. The van der Waals surface area contributed by atoms with E-state index in [9.17, 15) is 22.8 Å². The molecule has 2 heterocycles. The molecule has 1 aliphatic carbocycles. The van der Waals surface area contributed by atoms with Crippen LogP contribution in [0.1, 0.15) is 40.9 Å². The Balaban J connectivity index is 1.70. The fraction of sp³-hybridized carbons (Fsp3) is 0.231. The van der Waals surface area contributed by atoms with Crippen molar-refractivity contribution < 1.29 is 27.2 Å². The highest BCUT2D eigenvalue weighted by Crippen LogP contribution is 2.46. The first kappa shape index (κ1) is 22.8. The van der Waals surface area contributed by atoms with E-state index < -0.39 is 17.6 Å². The van der Waals surface area contributed by atoms with Crippen LogP contribution in [0.3, 0.4) is 0 Å². The van der Waals surface area contributed by atoms with Crippen molar-refractivity contribution in [2.45, 2.75) is 32.9 Å². The molecule has 9 heteroatoms. The van der Waals surface area contributed by atoms with Crippen molar-refractivity contribution in [3.8, 4) is 0 Å². The first-order valence-electron chi connectivity index (χ1n) is 11.1. The van der Waals surface area contributed by atoms with Gasteiger partial charge in [-0.15, -0.1) is 0 Å². The summed E-state index contributed by atoms with van der Waals surface area (Å²) in [5, 5.41) is 0. The van der Waals surface area contributed by atoms with E-state index in [1.54, 1.807) is 24.3 Å². The maximum atomic E-state index is 13.9. The number of aryl methyl sites for hydroxylation is 2. The molecular formula is C26H22F3N3O3. The van der Waals surface area contributed by atoms with E-state index in [1.807, 2.05) is 19.9 Å². The van der Waals surface area contributed by atoms with Crippen LogP contribution in [-0.2, 0) is 15.8 Å². The zero-order valence-corrected chi connectivity index (χ0v) is 19.0. The Morgan fingerprint density at radius 3 is 2.34 bits per heavy atom. The fourth-order valence-corrected chi connectivity index (χ4v) is 4.26. The van der Waals surface area contributed by atoms with Crippen LogP contribution in [0.2, 0.25) is 0 Å². The van der Waals surface area contributed by atoms with Gasteiger partial charge in [-0.1, -0.05) is 12.1 Å². The van der Waals surface area contributed by atoms with Gasteiger partial charge in [-0.2, -0.15) is 13.2 Å². The van der Waals surface area contributed by atoms with Gasteiger partial charge in [0.05, 0.1) is 23.1 Å². The molecule has 0 atom stereocenters. The van der Waals surface area contributed by atoms with E-state index in [0.717, 1.165) is 36.1 Å². The number of hydrogen-bond donors (Lipinski definition) is 2. The second-order valence-corrected chi connectivity index (χ2v) is 8.83. The Bertz CT molecular complexity index is 1340. The van der Waals surface area contributed by atoms with Gasteiger partial charge in [-0.05, 0) is 74.2 Å².